The molecule has 26 heavy (non-hydrogen) atoms. The molecular formula is C20H17N3O3. The Bertz CT molecular complexity index is 927. The Morgan fingerprint density at radius 1 is 1.04 bits per heavy atom. The fraction of sp³-hybridized carbons (Fsp3) is 0.100. The summed E-state index contributed by atoms with van der Waals surface area (Å²) in [5.41, 5.74) is 2.27. The molecule has 3 aromatic rings. The lowest BCUT2D eigenvalue weighted by Crippen LogP contribution is -2.41. The van der Waals surface area contributed by atoms with Crippen molar-refractivity contribution in [2.45, 2.75) is 0 Å². The molecule has 0 radical (unpaired) electrons. The van der Waals surface area contributed by atoms with E-state index in [0.717, 1.165) is 11.3 Å². The number of nitrogens with one attached hydrogen (secondary N) is 1. The number of anilines is 2. The third-order valence-electron chi connectivity index (χ3n) is 4.10. The van der Waals surface area contributed by atoms with E-state index in [1.807, 2.05) is 42.5 Å². The van der Waals surface area contributed by atoms with Gasteiger partial charge in [0.1, 0.15) is 12.4 Å². The number of urea groups is 1. The van der Waals surface area contributed by atoms with Crippen LogP contribution in [0.3, 0.4) is 0 Å². The van der Waals surface area contributed by atoms with Crippen molar-refractivity contribution in [3.63, 3.8) is 0 Å². The molecule has 130 valence electrons. The van der Waals surface area contributed by atoms with Crippen LogP contribution in [0.2, 0.25) is 0 Å². The van der Waals surface area contributed by atoms with Gasteiger partial charge < -0.3 is 15.2 Å². The molecule has 1 aromatic heterocycles. The molecule has 0 atom stereocenters. The van der Waals surface area contributed by atoms with Gasteiger partial charge in [0.2, 0.25) is 0 Å². The summed E-state index contributed by atoms with van der Waals surface area (Å²) in [6, 6.07) is 19.5. The number of aromatic nitrogens is 1. The van der Waals surface area contributed by atoms with Crippen molar-refractivity contribution in [1.82, 2.24) is 4.98 Å². The zero-order chi connectivity index (χ0) is 17.9. The summed E-state index contributed by atoms with van der Waals surface area (Å²) >= 11 is 0. The molecule has 2 aromatic carbocycles. The third-order valence-corrected chi connectivity index (χ3v) is 4.10. The number of phenolic OH excluding ortho intramolecular Hbond substituents is 1. The average Bonchev–Trinajstić information content (AvgIpc) is 2.68. The zero-order valence-corrected chi connectivity index (χ0v) is 13.9. The summed E-state index contributed by atoms with van der Waals surface area (Å²) in [5.74, 6) is 1.25. The van der Waals surface area contributed by atoms with Gasteiger partial charge in [-0.05, 0) is 48.5 Å². The van der Waals surface area contributed by atoms with E-state index in [2.05, 4.69) is 10.3 Å². The number of pyridine rings is 1. The van der Waals surface area contributed by atoms with Crippen molar-refractivity contribution in [1.29, 1.82) is 0 Å². The summed E-state index contributed by atoms with van der Waals surface area (Å²) in [5, 5.41) is 12.3. The number of carbonyl (C=O) groups is 1. The number of benzene rings is 2. The number of para-hydroxylation sites is 1. The summed E-state index contributed by atoms with van der Waals surface area (Å²) in [6.07, 6.45) is 0. The van der Waals surface area contributed by atoms with Gasteiger partial charge in [-0.1, -0.05) is 18.2 Å². The van der Waals surface area contributed by atoms with Gasteiger partial charge in [0.15, 0.2) is 11.6 Å². The number of phenols is 1. The van der Waals surface area contributed by atoms with Crippen LogP contribution in [0, 0.1) is 0 Å². The Hall–Kier alpha value is -3.54. The molecule has 2 heterocycles. The van der Waals surface area contributed by atoms with E-state index in [1.54, 1.807) is 29.2 Å². The molecule has 2 N–H and O–H groups in total. The van der Waals surface area contributed by atoms with Crippen LogP contribution in [0.15, 0.2) is 66.7 Å². The number of rotatable bonds is 2. The molecule has 6 heteroatoms. The Morgan fingerprint density at radius 3 is 2.58 bits per heavy atom. The standard InChI is InChI=1S/C20H17N3O3/c24-16-8-6-14(7-9-16)17-10-11-18-19(22-17)23(12-13-26-18)20(25)21-15-4-2-1-3-5-15/h1-11,24H,12-13H2,(H,21,25). The number of hydrogen-bond acceptors (Lipinski definition) is 4. The van der Waals surface area contributed by atoms with Gasteiger partial charge in [0, 0.05) is 11.3 Å². The predicted octanol–water partition coefficient (Wildman–Crippen LogP) is 3.89. The van der Waals surface area contributed by atoms with Crippen LogP contribution in [0.5, 0.6) is 11.5 Å². The maximum Gasteiger partial charge on any atom is 0.327 e. The Morgan fingerprint density at radius 2 is 1.81 bits per heavy atom. The zero-order valence-electron chi connectivity index (χ0n) is 13.9. The minimum absolute atomic E-state index is 0.193. The summed E-state index contributed by atoms with van der Waals surface area (Å²) in [7, 11) is 0. The van der Waals surface area contributed by atoms with Gasteiger partial charge in [-0.3, -0.25) is 4.90 Å². The lowest BCUT2D eigenvalue weighted by atomic mass is 10.1. The van der Waals surface area contributed by atoms with Crippen molar-refractivity contribution in [2.75, 3.05) is 23.4 Å². The number of aromatic hydroxyl groups is 1. The van der Waals surface area contributed by atoms with Gasteiger partial charge in [0.25, 0.3) is 0 Å². The van der Waals surface area contributed by atoms with E-state index in [-0.39, 0.29) is 11.8 Å². The molecule has 0 saturated carbocycles. The number of hydrogen-bond donors (Lipinski definition) is 2. The molecule has 0 aliphatic carbocycles. The maximum absolute atomic E-state index is 12.7. The minimum Gasteiger partial charge on any atom is -0.508 e. The Labute approximate surface area is 150 Å². The topological polar surface area (TPSA) is 74.7 Å². The van der Waals surface area contributed by atoms with Crippen LogP contribution in [-0.2, 0) is 0 Å². The normalized spacial score (nSPS) is 12.8. The van der Waals surface area contributed by atoms with Crippen LogP contribution in [0.4, 0.5) is 16.3 Å². The fourth-order valence-corrected chi connectivity index (χ4v) is 2.80. The molecule has 0 bridgehead atoms. The van der Waals surface area contributed by atoms with Crippen molar-refractivity contribution in [2.24, 2.45) is 0 Å². The first-order valence-electron chi connectivity index (χ1n) is 8.27. The van der Waals surface area contributed by atoms with Crippen molar-refractivity contribution in [3.05, 3.63) is 66.7 Å². The fourth-order valence-electron chi connectivity index (χ4n) is 2.80. The molecule has 0 spiro atoms. The minimum atomic E-state index is -0.254. The highest BCUT2D eigenvalue weighted by Crippen LogP contribution is 2.33. The monoisotopic (exact) mass is 347 g/mol. The van der Waals surface area contributed by atoms with Gasteiger partial charge in [0.05, 0.1) is 12.2 Å². The number of fused-ring (bicyclic) bond motifs is 1. The van der Waals surface area contributed by atoms with E-state index >= 15 is 0 Å². The smallest absolute Gasteiger partial charge is 0.327 e. The molecule has 6 nitrogen and oxygen atoms in total. The van der Waals surface area contributed by atoms with E-state index in [1.165, 1.54) is 0 Å². The Balaban J connectivity index is 1.65. The van der Waals surface area contributed by atoms with Gasteiger partial charge >= 0.3 is 6.03 Å². The number of nitrogens with zero attached hydrogens (tertiary/aromatic N) is 2. The molecule has 4 rings (SSSR count). The maximum atomic E-state index is 12.7. The molecule has 0 saturated heterocycles. The number of ether oxygens (including phenoxy) is 1. The van der Waals surface area contributed by atoms with Crippen molar-refractivity contribution in [3.8, 4) is 22.8 Å². The molecule has 1 aliphatic rings. The second-order valence-electron chi connectivity index (χ2n) is 5.86. The number of amides is 2. The third kappa shape index (κ3) is 3.17. The van der Waals surface area contributed by atoms with Gasteiger partial charge in [-0.2, -0.15) is 0 Å². The van der Waals surface area contributed by atoms with Crippen LogP contribution in [0.1, 0.15) is 0 Å². The lowest BCUT2D eigenvalue weighted by Gasteiger charge is -2.28. The molecule has 0 unspecified atom stereocenters. The molecule has 0 fully saturated rings. The van der Waals surface area contributed by atoms with Crippen molar-refractivity contribution < 1.29 is 14.6 Å². The van der Waals surface area contributed by atoms with E-state index in [0.29, 0.717) is 30.4 Å². The largest absolute Gasteiger partial charge is 0.508 e. The van der Waals surface area contributed by atoms with Crippen LogP contribution < -0.4 is 15.0 Å². The Kier molecular flexibility index (Phi) is 4.15. The highest BCUT2D eigenvalue weighted by molar-refractivity contribution is 6.02. The van der Waals surface area contributed by atoms with E-state index < -0.39 is 0 Å². The van der Waals surface area contributed by atoms with Crippen LogP contribution in [0.25, 0.3) is 11.3 Å². The second kappa shape index (κ2) is 6.76. The summed E-state index contributed by atoms with van der Waals surface area (Å²) < 4.78 is 5.64. The SMILES string of the molecule is O=C(Nc1ccccc1)N1CCOc2ccc(-c3ccc(O)cc3)nc21. The first-order valence-corrected chi connectivity index (χ1v) is 8.27. The summed E-state index contributed by atoms with van der Waals surface area (Å²) in [4.78, 5) is 18.9. The molecular weight excluding hydrogens is 330 g/mol. The van der Waals surface area contributed by atoms with E-state index in [9.17, 15) is 9.90 Å². The van der Waals surface area contributed by atoms with Gasteiger partial charge in [-0.15, -0.1) is 0 Å². The highest BCUT2D eigenvalue weighted by atomic mass is 16.5. The molecule has 2 amide bonds. The van der Waals surface area contributed by atoms with Crippen molar-refractivity contribution >= 4 is 17.5 Å². The first kappa shape index (κ1) is 16.0. The summed E-state index contributed by atoms with van der Waals surface area (Å²) in [6.45, 7) is 0.827. The second-order valence-corrected chi connectivity index (χ2v) is 5.86. The van der Waals surface area contributed by atoms with E-state index in [4.69, 9.17) is 4.74 Å². The molecule has 1 aliphatic heterocycles. The number of carbonyl (C=O) groups excluding carboxylic acids is 1. The quantitative estimate of drug-likeness (QED) is 0.738. The van der Waals surface area contributed by atoms with Gasteiger partial charge in [-0.25, -0.2) is 9.78 Å². The first-order chi connectivity index (χ1) is 12.7. The lowest BCUT2D eigenvalue weighted by molar-refractivity contribution is 0.249. The van der Waals surface area contributed by atoms with Crippen LogP contribution >= 0.6 is 0 Å². The predicted molar refractivity (Wildman–Crippen MR) is 99.6 cm³/mol. The average molecular weight is 347 g/mol. The van der Waals surface area contributed by atoms with Crippen LogP contribution in [-0.4, -0.2) is 29.3 Å². The highest BCUT2D eigenvalue weighted by Gasteiger charge is 2.26.